The SMILES string of the molecule is CN(C)c1ccc(N=Cc2cc(Br)c(I)o2)cc1. The minimum atomic E-state index is 0.739. The summed E-state index contributed by atoms with van der Waals surface area (Å²) >= 11 is 5.53. The molecule has 1 heterocycles. The van der Waals surface area contributed by atoms with E-state index in [2.05, 4.69) is 48.4 Å². The highest BCUT2D eigenvalue weighted by atomic mass is 127. The first-order valence-corrected chi connectivity index (χ1v) is 7.20. The molecule has 0 unspecified atom stereocenters. The van der Waals surface area contributed by atoms with Gasteiger partial charge < -0.3 is 9.32 Å². The average molecular weight is 419 g/mol. The second-order valence-electron chi connectivity index (χ2n) is 3.94. The Morgan fingerprint density at radius 3 is 2.44 bits per heavy atom. The first-order chi connectivity index (χ1) is 8.56. The van der Waals surface area contributed by atoms with E-state index < -0.39 is 0 Å². The van der Waals surface area contributed by atoms with Gasteiger partial charge >= 0.3 is 0 Å². The number of rotatable bonds is 3. The lowest BCUT2D eigenvalue weighted by Crippen LogP contribution is -2.07. The fraction of sp³-hybridized carbons (Fsp3) is 0.154. The monoisotopic (exact) mass is 418 g/mol. The van der Waals surface area contributed by atoms with Crippen LogP contribution in [0.4, 0.5) is 11.4 Å². The van der Waals surface area contributed by atoms with Crippen LogP contribution in [0, 0.1) is 3.77 Å². The van der Waals surface area contributed by atoms with E-state index in [0.29, 0.717) is 0 Å². The maximum absolute atomic E-state index is 5.48. The molecule has 0 fully saturated rings. The van der Waals surface area contributed by atoms with E-state index in [1.807, 2.05) is 44.4 Å². The summed E-state index contributed by atoms with van der Waals surface area (Å²) in [6.07, 6.45) is 1.72. The van der Waals surface area contributed by atoms with Gasteiger partial charge in [-0.3, -0.25) is 4.99 Å². The highest BCUT2D eigenvalue weighted by molar-refractivity contribution is 14.1. The van der Waals surface area contributed by atoms with Crippen molar-refractivity contribution in [3.8, 4) is 0 Å². The Hall–Kier alpha value is -0.820. The van der Waals surface area contributed by atoms with E-state index in [1.165, 1.54) is 0 Å². The molecule has 0 N–H and O–H groups in total. The minimum absolute atomic E-state index is 0.739. The number of aliphatic imine (C=N–C) groups is 1. The summed E-state index contributed by atoms with van der Waals surface area (Å²) < 4.78 is 7.26. The molecule has 0 radical (unpaired) electrons. The fourth-order valence-electron chi connectivity index (χ4n) is 1.40. The van der Waals surface area contributed by atoms with Crippen LogP contribution in [0.15, 0.2) is 44.2 Å². The van der Waals surface area contributed by atoms with Crippen LogP contribution >= 0.6 is 38.5 Å². The van der Waals surface area contributed by atoms with Gasteiger partial charge in [-0.1, -0.05) is 0 Å². The number of benzene rings is 1. The highest BCUT2D eigenvalue weighted by Crippen LogP contribution is 2.23. The lowest BCUT2D eigenvalue weighted by molar-refractivity contribution is 0.530. The summed E-state index contributed by atoms with van der Waals surface area (Å²) in [5.74, 6) is 0.739. The second kappa shape index (κ2) is 5.88. The average Bonchev–Trinajstić information content (AvgIpc) is 2.67. The quantitative estimate of drug-likeness (QED) is 0.543. The van der Waals surface area contributed by atoms with Gasteiger partial charge in [-0.05, 0) is 40.2 Å². The minimum Gasteiger partial charge on any atom is -0.448 e. The zero-order valence-corrected chi connectivity index (χ0v) is 13.8. The second-order valence-corrected chi connectivity index (χ2v) is 5.77. The molecule has 0 aliphatic rings. The zero-order valence-electron chi connectivity index (χ0n) is 10.0. The molecule has 0 atom stereocenters. The molecule has 0 bridgehead atoms. The van der Waals surface area contributed by atoms with Crippen molar-refractivity contribution in [2.45, 2.75) is 0 Å². The number of nitrogens with zero attached hydrogens (tertiary/aromatic N) is 2. The van der Waals surface area contributed by atoms with Crippen LogP contribution in [0.25, 0.3) is 0 Å². The van der Waals surface area contributed by atoms with Gasteiger partial charge in [0.2, 0.25) is 0 Å². The third kappa shape index (κ3) is 3.35. The van der Waals surface area contributed by atoms with Crippen LogP contribution < -0.4 is 4.90 Å². The van der Waals surface area contributed by atoms with Gasteiger partial charge in [0.25, 0.3) is 0 Å². The summed E-state index contributed by atoms with van der Waals surface area (Å²) in [5, 5.41) is 0. The summed E-state index contributed by atoms with van der Waals surface area (Å²) in [6.45, 7) is 0. The van der Waals surface area contributed by atoms with E-state index >= 15 is 0 Å². The Kier molecular flexibility index (Phi) is 4.45. The van der Waals surface area contributed by atoms with Crippen molar-refractivity contribution in [3.05, 3.63) is 44.3 Å². The Morgan fingerprint density at radius 2 is 1.94 bits per heavy atom. The smallest absolute Gasteiger partial charge is 0.178 e. The predicted molar refractivity (Wildman–Crippen MR) is 87.1 cm³/mol. The maximum Gasteiger partial charge on any atom is 0.178 e. The maximum atomic E-state index is 5.48. The molecule has 0 aliphatic heterocycles. The number of hydrogen-bond acceptors (Lipinski definition) is 3. The molecule has 5 heteroatoms. The fourth-order valence-corrected chi connectivity index (χ4v) is 2.12. The Morgan fingerprint density at radius 1 is 1.28 bits per heavy atom. The van der Waals surface area contributed by atoms with Crippen molar-refractivity contribution in [3.63, 3.8) is 0 Å². The van der Waals surface area contributed by atoms with Crippen LogP contribution in [-0.4, -0.2) is 20.3 Å². The number of halogens is 2. The normalized spacial score (nSPS) is 11.1. The van der Waals surface area contributed by atoms with Gasteiger partial charge in [0, 0.05) is 48.4 Å². The third-order valence-corrected chi connectivity index (χ3v) is 4.50. The molecule has 0 aliphatic carbocycles. The third-order valence-electron chi connectivity index (χ3n) is 2.37. The van der Waals surface area contributed by atoms with Crippen molar-refractivity contribution in [1.82, 2.24) is 0 Å². The van der Waals surface area contributed by atoms with Gasteiger partial charge in [-0.15, -0.1) is 0 Å². The first kappa shape index (κ1) is 13.6. The van der Waals surface area contributed by atoms with Crippen LogP contribution in [0.3, 0.4) is 0 Å². The molecular weight excluding hydrogens is 407 g/mol. The lowest BCUT2D eigenvalue weighted by Gasteiger charge is -2.11. The van der Waals surface area contributed by atoms with Crippen LogP contribution in [0.5, 0.6) is 0 Å². The Bertz CT molecular complexity index is 541. The van der Waals surface area contributed by atoms with Gasteiger partial charge in [0.1, 0.15) is 5.76 Å². The molecule has 3 nitrogen and oxygen atoms in total. The number of hydrogen-bond donors (Lipinski definition) is 0. The summed E-state index contributed by atoms with van der Waals surface area (Å²) in [6, 6.07) is 9.94. The predicted octanol–water partition coefficient (Wildman–Crippen LogP) is 4.46. The van der Waals surface area contributed by atoms with E-state index in [4.69, 9.17) is 4.42 Å². The standard InChI is InChI=1S/C13H12BrIN2O/c1-17(2)10-5-3-9(4-6-10)16-8-11-7-12(14)13(15)18-11/h3-8H,1-2H3. The zero-order chi connectivity index (χ0) is 13.1. The van der Waals surface area contributed by atoms with E-state index in [0.717, 1.165) is 25.4 Å². The molecule has 0 spiro atoms. The van der Waals surface area contributed by atoms with Crippen LogP contribution in [0.1, 0.15) is 5.76 Å². The first-order valence-electron chi connectivity index (χ1n) is 5.32. The number of anilines is 1. The van der Waals surface area contributed by atoms with E-state index in [9.17, 15) is 0 Å². The molecular formula is C13H12BrIN2O. The van der Waals surface area contributed by atoms with Gasteiger partial charge in [0.05, 0.1) is 16.4 Å². The molecule has 94 valence electrons. The summed E-state index contributed by atoms with van der Waals surface area (Å²) in [4.78, 5) is 6.42. The van der Waals surface area contributed by atoms with Crippen LogP contribution in [-0.2, 0) is 0 Å². The van der Waals surface area contributed by atoms with Gasteiger partial charge in [-0.25, -0.2) is 0 Å². The van der Waals surface area contributed by atoms with Crippen molar-refractivity contribution in [2.75, 3.05) is 19.0 Å². The Labute approximate surface area is 128 Å². The summed E-state index contributed by atoms with van der Waals surface area (Å²) in [5.41, 5.74) is 2.06. The largest absolute Gasteiger partial charge is 0.448 e. The van der Waals surface area contributed by atoms with Gasteiger partial charge in [0.15, 0.2) is 3.77 Å². The van der Waals surface area contributed by atoms with E-state index in [1.54, 1.807) is 6.21 Å². The lowest BCUT2D eigenvalue weighted by atomic mass is 10.3. The highest BCUT2D eigenvalue weighted by Gasteiger charge is 2.03. The molecule has 18 heavy (non-hydrogen) atoms. The van der Waals surface area contributed by atoms with Crippen molar-refractivity contribution in [2.24, 2.45) is 4.99 Å². The van der Waals surface area contributed by atoms with Gasteiger partial charge in [-0.2, -0.15) is 0 Å². The van der Waals surface area contributed by atoms with Crippen molar-refractivity contribution in [1.29, 1.82) is 0 Å². The molecule has 2 aromatic rings. The van der Waals surface area contributed by atoms with E-state index in [-0.39, 0.29) is 0 Å². The topological polar surface area (TPSA) is 28.7 Å². The molecule has 0 amide bonds. The number of furan rings is 1. The Balaban J connectivity index is 2.13. The molecule has 0 saturated carbocycles. The molecule has 1 aromatic heterocycles. The summed E-state index contributed by atoms with van der Waals surface area (Å²) in [7, 11) is 4.03. The molecule has 0 saturated heterocycles. The molecule has 2 rings (SSSR count). The van der Waals surface area contributed by atoms with Crippen LogP contribution in [0.2, 0.25) is 0 Å². The van der Waals surface area contributed by atoms with Crippen molar-refractivity contribution < 1.29 is 4.42 Å². The van der Waals surface area contributed by atoms with Crippen molar-refractivity contribution >= 4 is 56.1 Å². The molecule has 1 aromatic carbocycles.